The number of carbonyl (C=O) groups excluding carboxylic acids is 3. The lowest BCUT2D eigenvalue weighted by Gasteiger charge is -2.36. The van der Waals surface area contributed by atoms with Gasteiger partial charge in [0.25, 0.3) is 0 Å². The lowest BCUT2D eigenvalue weighted by atomic mass is 9.76. The average Bonchev–Trinajstić information content (AvgIpc) is 3.36. The van der Waals surface area contributed by atoms with Gasteiger partial charge >= 0.3 is 0 Å². The molecule has 0 aromatic heterocycles. The Morgan fingerprint density at radius 3 is 2.80 bits per heavy atom. The molecule has 4 aliphatic heterocycles. The molecule has 1 spiro atoms. The summed E-state index contributed by atoms with van der Waals surface area (Å²) in [6.07, 6.45) is 3.51. The van der Waals surface area contributed by atoms with E-state index in [1.54, 1.807) is 9.80 Å². The molecule has 0 saturated carbocycles. The Labute approximate surface area is 176 Å². The van der Waals surface area contributed by atoms with Crippen molar-refractivity contribution in [1.82, 2.24) is 14.7 Å². The Kier molecular flexibility index (Phi) is 4.47. The Hall–Kier alpha value is -2.67. The van der Waals surface area contributed by atoms with Crippen molar-refractivity contribution < 1.29 is 19.1 Å². The molecular weight excluding hydrogens is 382 g/mol. The van der Waals surface area contributed by atoms with Crippen molar-refractivity contribution in [3.05, 3.63) is 47.5 Å². The van der Waals surface area contributed by atoms with E-state index in [2.05, 4.69) is 6.07 Å². The van der Waals surface area contributed by atoms with E-state index in [1.165, 1.54) is 0 Å². The first-order valence-corrected chi connectivity index (χ1v) is 10.7. The molecule has 3 amide bonds. The lowest BCUT2D eigenvalue weighted by Crippen LogP contribution is -2.55. The average molecular weight is 409 g/mol. The smallest absolute Gasteiger partial charge is 0.242 e. The number of hydrogen-bond donors (Lipinski definition) is 0. The van der Waals surface area contributed by atoms with Gasteiger partial charge in [-0.05, 0) is 19.4 Å². The predicted molar refractivity (Wildman–Crippen MR) is 109 cm³/mol. The summed E-state index contributed by atoms with van der Waals surface area (Å²) < 4.78 is 6.22. The molecule has 0 radical (unpaired) electrons. The Balaban J connectivity index is 1.36. The number of aryl methyl sites for hydroxylation is 1. The monoisotopic (exact) mass is 409 g/mol. The van der Waals surface area contributed by atoms with Crippen molar-refractivity contribution in [3.8, 4) is 0 Å². The zero-order valence-electron chi connectivity index (χ0n) is 17.4. The van der Waals surface area contributed by atoms with Crippen LogP contribution in [0.5, 0.6) is 0 Å². The second-order valence-corrected chi connectivity index (χ2v) is 8.82. The number of piperazine rings is 1. The quantitative estimate of drug-likeness (QED) is 0.695. The summed E-state index contributed by atoms with van der Waals surface area (Å²) in [6.45, 7) is 6.72. The standard InChI is InChI=1S/C23H27N3O4/c1-3-24-9-10-25(13-18(24)27)21(28)19-17-7-8-23(30-17)14-26(22(29)20(19)23)12-16-6-4-5-15(2)11-16/h4-8,11,17,19-20H,3,9-10,12-14H2,1-2H3/t17-,19+,20+,23-/m0/s1. The number of ether oxygens (including phenoxy) is 1. The molecule has 1 aromatic carbocycles. The maximum Gasteiger partial charge on any atom is 0.242 e. The second kappa shape index (κ2) is 6.94. The van der Waals surface area contributed by atoms with Gasteiger partial charge in [-0.3, -0.25) is 14.4 Å². The third-order valence-electron chi connectivity index (χ3n) is 6.93. The van der Waals surface area contributed by atoms with Crippen LogP contribution < -0.4 is 0 Å². The Morgan fingerprint density at radius 1 is 1.23 bits per heavy atom. The molecule has 30 heavy (non-hydrogen) atoms. The lowest BCUT2D eigenvalue weighted by molar-refractivity contribution is -0.150. The third kappa shape index (κ3) is 2.87. The van der Waals surface area contributed by atoms with E-state index < -0.39 is 17.4 Å². The van der Waals surface area contributed by atoms with Crippen LogP contribution in [-0.4, -0.2) is 76.9 Å². The van der Waals surface area contributed by atoms with Gasteiger partial charge < -0.3 is 19.4 Å². The van der Waals surface area contributed by atoms with Gasteiger partial charge in [0.15, 0.2) is 0 Å². The van der Waals surface area contributed by atoms with E-state index in [1.807, 2.05) is 49.1 Å². The van der Waals surface area contributed by atoms with Crippen LogP contribution in [0.15, 0.2) is 36.4 Å². The van der Waals surface area contributed by atoms with Crippen LogP contribution in [0.1, 0.15) is 18.1 Å². The fraction of sp³-hybridized carbons (Fsp3) is 0.522. The maximum absolute atomic E-state index is 13.4. The van der Waals surface area contributed by atoms with Gasteiger partial charge in [-0.15, -0.1) is 0 Å². The Morgan fingerprint density at radius 2 is 2.07 bits per heavy atom. The van der Waals surface area contributed by atoms with Crippen LogP contribution in [-0.2, 0) is 25.7 Å². The highest BCUT2D eigenvalue weighted by molar-refractivity contribution is 5.94. The van der Waals surface area contributed by atoms with E-state index >= 15 is 0 Å². The number of nitrogens with zero attached hydrogens (tertiary/aromatic N) is 3. The third-order valence-corrected chi connectivity index (χ3v) is 6.93. The molecule has 4 atom stereocenters. The molecule has 5 rings (SSSR count). The second-order valence-electron chi connectivity index (χ2n) is 8.82. The fourth-order valence-electron chi connectivity index (χ4n) is 5.47. The van der Waals surface area contributed by atoms with Gasteiger partial charge in [0.1, 0.15) is 5.60 Å². The zero-order chi connectivity index (χ0) is 21.0. The van der Waals surface area contributed by atoms with Gasteiger partial charge in [0, 0.05) is 26.2 Å². The summed E-state index contributed by atoms with van der Waals surface area (Å²) in [7, 11) is 0. The van der Waals surface area contributed by atoms with Crippen LogP contribution in [0.25, 0.3) is 0 Å². The molecule has 0 aliphatic carbocycles. The van der Waals surface area contributed by atoms with Crippen molar-refractivity contribution >= 4 is 17.7 Å². The SMILES string of the molecule is CCN1CCN(C(=O)[C@@H]2[C@@H]3C=C[C@@]4(CN(Cc5cccc(C)c5)C(=O)[C@@H]24)O3)CC1=O. The number of carbonyl (C=O) groups is 3. The van der Waals surface area contributed by atoms with Gasteiger partial charge in [-0.1, -0.05) is 42.0 Å². The summed E-state index contributed by atoms with van der Waals surface area (Å²) in [5.41, 5.74) is 1.50. The van der Waals surface area contributed by atoms with Gasteiger partial charge in [0.2, 0.25) is 17.7 Å². The van der Waals surface area contributed by atoms with E-state index in [0.717, 1.165) is 11.1 Å². The van der Waals surface area contributed by atoms with E-state index in [-0.39, 0.29) is 30.4 Å². The van der Waals surface area contributed by atoms with Crippen molar-refractivity contribution in [1.29, 1.82) is 0 Å². The minimum absolute atomic E-state index is 0.0276. The number of hydrogen-bond acceptors (Lipinski definition) is 4. The summed E-state index contributed by atoms with van der Waals surface area (Å²) in [6, 6.07) is 8.12. The first-order chi connectivity index (χ1) is 14.4. The summed E-state index contributed by atoms with van der Waals surface area (Å²) in [5, 5.41) is 0. The molecule has 4 heterocycles. The molecule has 3 saturated heterocycles. The molecule has 4 aliphatic rings. The highest BCUT2D eigenvalue weighted by Gasteiger charge is 2.67. The first-order valence-electron chi connectivity index (χ1n) is 10.7. The van der Waals surface area contributed by atoms with E-state index in [4.69, 9.17) is 4.74 Å². The largest absolute Gasteiger partial charge is 0.360 e. The molecule has 3 fully saturated rings. The van der Waals surface area contributed by atoms with E-state index in [9.17, 15) is 14.4 Å². The van der Waals surface area contributed by atoms with Crippen molar-refractivity contribution in [2.24, 2.45) is 11.8 Å². The number of likely N-dealkylation sites (N-methyl/N-ethyl adjacent to an activating group) is 1. The van der Waals surface area contributed by atoms with Gasteiger partial charge in [0.05, 0.1) is 31.0 Å². The minimum Gasteiger partial charge on any atom is -0.360 e. The van der Waals surface area contributed by atoms with Crippen molar-refractivity contribution in [2.75, 3.05) is 32.7 Å². The topological polar surface area (TPSA) is 70.2 Å². The maximum atomic E-state index is 13.4. The summed E-state index contributed by atoms with van der Waals surface area (Å²) in [4.78, 5) is 44.3. The fourth-order valence-corrected chi connectivity index (χ4v) is 5.47. The number of rotatable bonds is 4. The first kappa shape index (κ1) is 19.3. The molecule has 0 N–H and O–H groups in total. The highest BCUT2D eigenvalue weighted by atomic mass is 16.5. The highest BCUT2D eigenvalue weighted by Crippen LogP contribution is 2.52. The van der Waals surface area contributed by atoms with Crippen LogP contribution in [0.3, 0.4) is 0 Å². The summed E-state index contributed by atoms with van der Waals surface area (Å²) in [5.74, 6) is -1.26. The number of benzene rings is 1. The van der Waals surface area contributed by atoms with Crippen LogP contribution >= 0.6 is 0 Å². The van der Waals surface area contributed by atoms with Crippen LogP contribution in [0.4, 0.5) is 0 Å². The summed E-state index contributed by atoms with van der Waals surface area (Å²) >= 11 is 0. The number of amides is 3. The molecule has 1 aromatic rings. The van der Waals surface area contributed by atoms with Gasteiger partial charge in [-0.25, -0.2) is 0 Å². The number of likely N-dealkylation sites (tertiary alicyclic amines) is 1. The predicted octanol–water partition coefficient (Wildman–Crippen LogP) is 0.968. The normalized spacial score (nSPS) is 32.3. The molecule has 7 heteroatoms. The molecular formula is C23H27N3O4. The van der Waals surface area contributed by atoms with E-state index in [0.29, 0.717) is 32.7 Å². The molecule has 158 valence electrons. The number of fused-ring (bicyclic) bond motifs is 1. The van der Waals surface area contributed by atoms with Crippen LogP contribution in [0, 0.1) is 18.8 Å². The Bertz CT molecular complexity index is 944. The zero-order valence-corrected chi connectivity index (χ0v) is 17.4. The molecule has 7 nitrogen and oxygen atoms in total. The molecule has 2 bridgehead atoms. The van der Waals surface area contributed by atoms with Crippen molar-refractivity contribution in [2.45, 2.75) is 32.1 Å². The minimum atomic E-state index is -0.721. The van der Waals surface area contributed by atoms with Crippen LogP contribution in [0.2, 0.25) is 0 Å². The molecule has 0 unspecified atom stereocenters. The van der Waals surface area contributed by atoms with Crippen molar-refractivity contribution in [3.63, 3.8) is 0 Å². The van der Waals surface area contributed by atoms with Gasteiger partial charge in [-0.2, -0.15) is 0 Å².